The molecule has 158 valence electrons. The van der Waals surface area contributed by atoms with Crippen LogP contribution in [-0.4, -0.2) is 32.1 Å². The van der Waals surface area contributed by atoms with Crippen molar-refractivity contribution < 1.29 is 9.53 Å². The Morgan fingerprint density at radius 3 is 2.42 bits per heavy atom. The van der Waals surface area contributed by atoms with Gasteiger partial charge in [-0.3, -0.25) is 9.59 Å². The highest BCUT2D eigenvalue weighted by molar-refractivity contribution is 5.91. The van der Waals surface area contributed by atoms with Crippen LogP contribution in [0.1, 0.15) is 18.3 Å². The number of ether oxygens (including phenoxy) is 1. The third-order valence-corrected chi connectivity index (χ3v) is 4.93. The Bertz CT molecular complexity index is 1290. The molecule has 2 aromatic heterocycles. The summed E-state index contributed by atoms with van der Waals surface area (Å²) in [6.07, 6.45) is 0. The van der Waals surface area contributed by atoms with E-state index < -0.39 is 5.56 Å². The van der Waals surface area contributed by atoms with Gasteiger partial charge >= 0.3 is 0 Å². The number of nitrogens with one attached hydrogen (secondary N) is 1. The molecular weight excluding hydrogens is 394 g/mol. The molecule has 1 N–H and O–H groups in total. The third-order valence-electron chi connectivity index (χ3n) is 4.93. The molecule has 31 heavy (non-hydrogen) atoms. The van der Waals surface area contributed by atoms with Crippen LogP contribution < -0.4 is 15.6 Å². The molecule has 4 rings (SSSR count). The van der Waals surface area contributed by atoms with Crippen molar-refractivity contribution in [2.75, 3.05) is 11.9 Å². The Morgan fingerprint density at radius 1 is 1.03 bits per heavy atom. The van der Waals surface area contributed by atoms with E-state index in [1.165, 1.54) is 0 Å². The second kappa shape index (κ2) is 8.43. The van der Waals surface area contributed by atoms with Crippen molar-refractivity contribution in [1.82, 2.24) is 19.6 Å². The third kappa shape index (κ3) is 4.05. The van der Waals surface area contributed by atoms with E-state index in [1.807, 2.05) is 51.1 Å². The summed E-state index contributed by atoms with van der Waals surface area (Å²) in [6.45, 7) is 5.98. The predicted octanol–water partition coefficient (Wildman–Crippen LogP) is 3.24. The lowest BCUT2D eigenvalue weighted by atomic mass is 10.2. The van der Waals surface area contributed by atoms with Crippen LogP contribution in [0.2, 0.25) is 0 Å². The first-order valence-electron chi connectivity index (χ1n) is 10.0. The average Bonchev–Trinajstić information content (AvgIpc) is 3.12. The van der Waals surface area contributed by atoms with Crippen LogP contribution in [0.4, 0.5) is 5.69 Å². The zero-order valence-electron chi connectivity index (χ0n) is 17.6. The smallest absolute Gasteiger partial charge is 0.295 e. The van der Waals surface area contributed by atoms with E-state index in [1.54, 1.807) is 28.9 Å². The summed E-state index contributed by atoms with van der Waals surface area (Å²) in [6, 6.07) is 16.6. The first-order valence-corrected chi connectivity index (χ1v) is 10.0. The molecule has 0 saturated carbocycles. The number of carbonyl (C=O) groups is 1. The zero-order valence-corrected chi connectivity index (χ0v) is 17.6. The molecule has 0 unspecified atom stereocenters. The summed E-state index contributed by atoms with van der Waals surface area (Å²) in [7, 11) is 0. The zero-order chi connectivity index (χ0) is 22.0. The fourth-order valence-electron chi connectivity index (χ4n) is 3.55. The van der Waals surface area contributed by atoms with Gasteiger partial charge in [-0.05, 0) is 57.2 Å². The molecule has 1 amide bonds. The number of anilines is 1. The van der Waals surface area contributed by atoms with Gasteiger partial charge in [0.1, 0.15) is 12.3 Å². The number of amides is 1. The van der Waals surface area contributed by atoms with Gasteiger partial charge in [0.05, 0.1) is 29.1 Å². The minimum Gasteiger partial charge on any atom is -0.494 e. The van der Waals surface area contributed by atoms with E-state index in [9.17, 15) is 9.59 Å². The second-order valence-electron chi connectivity index (χ2n) is 7.11. The lowest BCUT2D eigenvalue weighted by Gasteiger charge is -2.09. The maximum absolute atomic E-state index is 13.0. The number of fused-ring (bicyclic) bond motifs is 1. The largest absolute Gasteiger partial charge is 0.494 e. The molecule has 0 aliphatic carbocycles. The molecule has 0 radical (unpaired) electrons. The molecule has 8 nitrogen and oxygen atoms in total. The summed E-state index contributed by atoms with van der Waals surface area (Å²) >= 11 is 0. The van der Waals surface area contributed by atoms with Gasteiger partial charge in [-0.25, -0.2) is 9.36 Å². The SMILES string of the molecule is CCOc1ccc(NC(=O)Cn2nc(C)c3c(C)n(-c4ccccc4)nc3c2=O)cc1. The van der Waals surface area contributed by atoms with Gasteiger partial charge in [0.2, 0.25) is 5.91 Å². The Kier molecular flexibility index (Phi) is 5.53. The highest BCUT2D eigenvalue weighted by Crippen LogP contribution is 2.21. The van der Waals surface area contributed by atoms with E-state index >= 15 is 0 Å². The number of aryl methyl sites for hydroxylation is 2. The fourth-order valence-corrected chi connectivity index (χ4v) is 3.55. The molecule has 2 heterocycles. The quantitative estimate of drug-likeness (QED) is 0.520. The van der Waals surface area contributed by atoms with Crippen molar-refractivity contribution in [1.29, 1.82) is 0 Å². The first-order chi connectivity index (χ1) is 15.0. The standard InChI is InChI=1S/C23H23N5O3/c1-4-31-19-12-10-17(11-13-19)24-20(29)14-27-23(30)22-21(15(2)25-27)16(3)28(26-22)18-8-6-5-7-9-18/h5-13H,4,14H2,1-3H3,(H,24,29). The van der Waals surface area contributed by atoms with Crippen LogP contribution in [0.15, 0.2) is 59.4 Å². The van der Waals surface area contributed by atoms with Crippen molar-refractivity contribution in [3.63, 3.8) is 0 Å². The van der Waals surface area contributed by atoms with Crippen molar-refractivity contribution in [2.24, 2.45) is 0 Å². The van der Waals surface area contributed by atoms with Gasteiger partial charge < -0.3 is 10.1 Å². The van der Waals surface area contributed by atoms with Crippen molar-refractivity contribution in [3.8, 4) is 11.4 Å². The molecule has 0 fully saturated rings. The lowest BCUT2D eigenvalue weighted by Crippen LogP contribution is -2.30. The summed E-state index contributed by atoms with van der Waals surface area (Å²) in [4.78, 5) is 25.5. The monoisotopic (exact) mass is 417 g/mol. The van der Waals surface area contributed by atoms with E-state index in [0.29, 0.717) is 28.9 Å². The highest BCUT2D eigenvalue weighted by atomic mass is 16.5. The molecule has 0 saturated heterocycles. The van der Waals surface area contributed by atoms with E-state index in [2.05, 4.69) is 15.5 Å². The Hall–Kier alpha value is -3.94. The highest BCUT2D eigenvalue weighted by Gasteiger charge is 2.18. The maximum atomic E-state index is 13.0. The van der Waals surface area contributed by atoms with Crippen LogP contribution in [-0.2, 0) is 11.3 Å². The molecule has 0 aliphatic rings. The van der Waals surface area contributed by atoms with Crippen molar-refractivity contribution in [2.45, 2.75) is 27.3 Å². The van der Waals surface area contributed by atoms with E-state index in [-0.39, 0.29) is 12.5 Å². The molecule has 8 heteroatoms. The lowest BCUT2D eigenvalue weighted by molar-refractivity contribution is -0.117. The van der Waals surface area contributed by atoms with Crippen molar-refractivity contribution in [3.05, 3.63) is 76.3 Å². The van der Waals surface area contributed by atoms with Gasteiger partial charge in [-0.15, -0.1) is 0 Å². The normalized spacial score (nSPS) is 10.9. The van der Waals surface area contributed by atoms with Crippen LogP contribution >= 0.6 is 0 Å². The summed E-state index contributed by atoms with van der Waals surface area (Å²) in [5, 5.41) is 12.4. The topological polar surface area (TPSA) is 91.0 Å². The minimum atomic E-state index is -0.403. The van der Waals surface area contributed by atoms with Crippen LogP contribution in [0.5, 0.6) is 5.75 Å². The predicted molar refractivity (Wildman–Crippen MR) is 119 cm³/mol. The number of para-hydroxylation sites is 1. The Labute approximate surface area is 179 Å². The van der Waals surface area contributed by atoms with Gasteiger partial charge in [-0.1, -0.05) is 18.2 Å². The minimum absolute atomic E-state index is 0.208. The van der Waals surface area contributed by atoms with Gasteiger partial charge in [0, 0.05) is 5.69 Å². The van der Waals surface area contributed by atoms with Gasteiger partial charge in [0.15, 0.2) is 5.52 Å². The number of nitrogens with zero attached hydrogens (tertiary/aromatic N) is 4. The second-order valence-corrected chi connectivity index (χ2v) is 7.11. The summed E-state index contributed by atoms with van der Waals surface area (Å²) < 4.78 is 8.28. The molecule has 2 aromatic carbocycles. The maximum Gasteiger partial charge on any atom is 0.295 e. The van der Waals surface area contributed by atoms with Crippen LogP contribution in [0.25, 0.3) is 16.6 Å². The number of rotatable bonds is 6. The molecule has 0 spiro atoms. The first kappa shape index (κ1) is 20.3. The number of hydrogen-bond acceptors (Lipinski definition) is 5. The molecule has 4 aromatic rings. The van der Waals surface area contributed by atoms with Gasteiger partial charge in [0.25, 0.3) is 5.56 Å². The van der Waals surface area contributed by atoms with E-state index in [0.717, 1.165) is 21.8 Å². The number of benzene rings is 2. The van der Waals surface area contributed by atoms with Crippen molar-refractivity contribution >= 4 is 22.5 Å². The van der Waals surface area contributed by atoms with Crippen LogP contribution in [0, 0.1) is 13.8 Å². The summed E-state index contributed by atoms with van der Waals surface area (Å²) in [5.41, 5.74) is 2.83. The average molecular weight is 417 g/mol. The number of aromatic nitrogens is 4. The van der Waals surface area contributed by atoms with Crippen LogP contribution in [0.3, 0.4) is 0 Å². The number of carbonyl (C=O) groups excluding carboxylic acids is 1. The number of hydrogen-bond donors (Lipinski definition) is 1. The fraction of sp³-hybridized carbons (Fsp3) is 0.217. The molecule has 0 bridgehead atoms. The Balaban J connectivity index is 1.61. The Morgan fingerprint density at radius 2 is 1.74 bits per heavy atom. The molecule has 0 aliphatic heterocycles. The van der Waals surface area contributed by atoms with Gasteiger partial charge in [-0.2, -0.15) is 10.2 Å². The molecule has 0 atom stereocenters. The van der Waals surface area contributed by atoms with E-state index in [4.69, 9.17) is 4.74 Å². The molecular formula is C23H23N5O3. The summed E-state index contributed by atoms with van der Waals surface area (Å²) in [5.74, 6) is 0.376.